The summed E-state index contributed by atoms with van der Waals surface area (Å²) >= 11 is 1.72. The molecular formula is C23H24N4S. The van der Waals surface area contributed by atoms with E-state index < -0.39 is 0 Å². The van der Waals surface area contributed by atoms with Crippen LogP contribution in [0.25, 0.3) is 10.9 Å². The lowest BCUT2D eigenvalue weighted by Crippen LogP contribution is -2.31. The molecule has 0 saturated carbocycles. The molecule has 1 aliphatic heterocycles. The van der Waals surface area contributed by atoms with Gasteiger partial charge in [0, 0.05) is 35.7 Å². The van der Waals surface area contributed by atoms with Crippen molar-refractivity contribution >= 4 is 28.1 Å². The lowest BCUT2D eigenvalue weighted by Gasteiger charge is -2.30. The topological polar surface area (TPSA) is 34.0 Å². The van der Waals surface area contributed by atoms with Crippen LogP contribution in [0.2, 0.25) is 0 Å². The number of thiazole rings is 1. The van der Waals surface area contributed by atoms with Crippen molar-refractivity contribution in [3.8, 4) is 0 Å². The van der Waals surface area contributed by atoms with Gasteiger partial charge in [-0.2, -0.15) is 0 Å². The lowest BCUT2D eigenvalue weighted by atomic mass is 10.00. The summed E-state index contributed by atoms with van der Waals surface area (Å²) < 4.78 is 2.40. The molecule has 0 unspecified atom stereocenters. The third kappa shape index (κ3) is 2.81. The fraction of sp³-hybridized carbons (Fsp3) is 0.304. The Morgan fingerprint density at radius 3 is 2.68 bits per heavy atom. The summed E-state index contributed by atoms with van der Waals surface area (Å²) in [6.45, 7) is 9.21. The Morgan fingerprint density at radius 1 is 1.07 bits per heavy atom. The molecule has 0 amide bonds. The summed E-state index contributed by atoms with van der Waals surface area (Å²) in [6, 6.07) is 10.9. The maximum Gasteiger partial charge on any atom is 0.153 e. The Morgan fingerprint density at radius 2 is 1.89 bits per heavy atom. The number of anilines is 1. The fourth-order valence-corrected chi connectivity index (χ4v) is 4.93. The molecule has 4 aromatic rings. The van der Waals surface area contributed by atoms with Crippen molar-refractivity contribution in [1.82, 2.24) is 14.5 Å². The minimum absolute atomic E-state index is 0.795. The smallest absolute Gasteiger partial charge is 0.153 e. The monoisotopic (exact) mass is 388 g/mol. The highest BCUT2D eigenvalue weighted by molar-refractivity contribution is 7.09. The van der Waals surface area contributed by atoms with Gasteiger partial charge in [-0.05, 0) is 49.9 Å². The summed E-state index contributed by atoms with van der Waals surface area (Å²) in [5.41, 5.74) is 7.87. The molecule has 1 aromatic carbocycles. The van der Waals surface area contributed by atoms with Crippen molar-refractivity contribution in [2.24, 2.45) is 0 Å². The zero-order valence-corrected chi connectivity index (χ0v) is 17.4. The number of benzene rings is 1. The highest BCUT2D eigenvalue weighted by Gasteiger charge is 2.23. The van der Waals surface area contributed by atoms with Crippen molar-refractivity contribution in [3.63, 3.8) is 0 Å². The van der Waals surface area contributed by atoms with E-state index >= 15 is 0 Å². The maximum absolute atomic E-state index is 4.85. The number of nitrogens with zero attached hydrogens (tertiary/aromatic N) is 4. The van der Waals surface area contributed by atoms with Crippen molar-refractivity contribution in [1.29, 1.82) is 0 Å². The molecular weight excluding hydrogens is 364 g/mol. The number of rotatable bonds is 3. The van der Waals surface area contributed by atoms with Crippen LogP contribution in [0, 0.1) is 20.8 Å². The maximum atomic E-state index is 4.85. The number of aryl methyl sites for hydroxylation is 2. The molecule has 4 nitrogen and oxygen atoms in total. The molecule has 142 valence electrons. The van der Waals surface area contributed by atoms with Gasteiger partial charge in [-0.25, -0.2) is 9.97 Å². The van der Waals surface area contributed by atoms with E-state index in [-0.39, 0.29) is 0 Å². The predicted octanol–water partition coefficient (Wildman–Crippen LogP) is 5.03. The normalized spacial score (nSPS) is 13.9. The van der Waals surface area contributed by atoms with E-state index in [1.54, 1.807) is 11.3 Å². The standard InChI is InChI=1S/C23H24N4S/c1-15-16(2)27(13-20-14-28-17(3)25-20)22-21(15)8-10-24-23(22)26-11-9-18-6-4-5-7-19(18)12-26/h4-8,10,14H,9,11-13H2,1-3H3. The van der Waals surface area contributed by atoms with Gasteiger partial charge in [0.25, 0.3) is 0 Å². The average molecular weight is 389 g/mol. The fourth-order valence-electron chi connectivity index (χ4n) is 4.33. The zero-order valence-electron chi connectivity index (χ0n) is 16.6. The molecule has 5 heteroatoms. The minimum atomic E-state index is 0.795. The second-order valence-corrected chi connectivity index (χ2v) is 8.69. The molecule has 5 rings (SSSR count). The Balaban J connectivity index is 1.63. The van der Waals surface area contributed by atoms with Crippen LogP contribution in [-0.4, -0.2) is 21.1 Å². The van der Waals surface area contributed by atoms with E-state index in [2.05, 4.69) is 66.0 Å². The first-order valence-corrected chi connectivity index (χ1v) is 10.7. The molecule has 0 aliphatic carbocycles. The number of fused-ring (bicyclic) bond motifs is 2. The molecule has 4 heterocycles. The van der Waals surface area contributed by atoms with Crippen molar-refractivity contribution in [2.75, 3.05) is 11.4 Å². The highest BCUT2D eigenvalue weighted by atomic mass is 32.1. The van der Waals surface area contributed by atoms with E-state index in [9.17, 15) is 0 Å². The molecule has 0 radical (unpaired) electrons. The van der Waals surface area contributed by atoms with E-state index in [1.807, 2.05) is 6.20 Å². The van der Waals surface area contributed by atoms with Gasteiger partial charge in [0.15, 0.2) is 5.82 Å². The van der Waals surface area contributed by atoms with Crippen LogP contribution in [0.3, 0.4) is 0 Å². The molecule has 0 N–H and O–H groups in total. The highest BCUT2D eigenvalue weighted by Crippen LogP contribution is 2.34. The molecule has 0 saturated heterocycles. The minimum Gasteiger partial charge on any atom is -0.350 e. The largest absolute Gasteiger partial charge is 0.350 e. The van der Waals surface area contributed by atoms with E-state index in [4.69, 9.17) is 9.97 Å². The van der Waals surface area contributed by atoms with Gasteiger partial charge in [-0.15, -0.1) is 11.3 Å². The van der Waals surface area contributed by atoms with E-state index in [0.29, 0.717) is 0 Å². The Bertz CT molecular complexity index is 1170. The van der Waals surface area contributed by atoms with Gasteiger partial charge in [-0.1, -0.05) is 24.3 Å². The first-order chi connectivity index (χ1) is 13.6. The number of hydrogen-bond acceptors (Lipinski definition) is 4. The first kappa shape index (κ1) is 17.4. The first-order valence-electron chi connectivity index (χ1n) is 9.79. The number of pyridine rings is 1. The van der Waals surface area contributed by atoms with Crippen LogP contribution < -0.4 is 4.90 Å². The summed E-state index contributed by atoms with van der Waals surface area (Å²) in [5, 5.41) is 4.59. The van der Waals surface area contributed by atoms with Crippen LogP contribution in [0.4, 0.5) is 5.82 Å². The molecule has 0 bridgehead atoms. The van der Waals surface area contributed by atoms with Crippen LogP contribution in [0.1, 0.15) is 33.1 Å². The Labute approximate surface area is 169 Å². The molecule has 28 heavy (non-hydrogen) atoms. The molecule has 0 atom stereocenters. The van der Waals surface area contributed by atoms with Gasteiger partial charge in [0.2, 0.25) is 0 Å². The van der Waals surface area contributed by atoms with Gasteiger partial charge < -0.3 is 9.47 Å². The molecule has 0 spiro atoms. The molecule has 0 fully saturated rings. The van der Waals surface area contributed by atoms with Crippen LogP contribution >= 0.6 is 11.3 Å². The van der Waals surface area contributed by atoms with Crippen molar-refractivity contribution < 1.29 is 0 Å². The molecule has 1 aliphatic rings. The van der Waals surface area contributed by atoms with Gasteiger partial charge >= 0.3 is 0 Å². The van der Waals surface area contributed by atoms with Crippen LogP contribution in [-0.2, 0) is 19.5 Å². The van der Waals surface area contributed by atoms with E-state index in [1.165, 1.54) is 33.3 Å². The van der Waals surface area contributed by atoms with Crippen molar-refractivity contribution in [2.45, 2.75) is 40.3 Å². The molecule has 3 aromatic heterocycles. The summed E-state index contributed by atoms with van der Waals surface area (Å²) in [7, 11) is 0. The van der Waals surface area contributed by atoms with Crippen LogP contribution in [0.15, 0.2) is 41.9 Å². The number of aromatic nitrogens is 3. The SMILES string of the molecule is Cc1nc(Cn2c(C)c(C)c3ccnc(N4CCc5ccccc5C4)c32)cs1. The zero-order chi connectivity index (χ0) is 19.3. The summed E-state index contributed by atoms with van der Waals surface area (Å²) in [4.78, 5) is 12.0. The predicted molar refractivity (Wildman–Crippen MR) is 116 cm³/mol. The average Bonchev–Trinajstić information content (AvgIpc) is 3.24. The quantitative estimate of drug-likeness (QED) is 0.494. The van der Waals surface area contributed by atoms with Gasteiger partial charge in [0.1, 0.15) is 0 Å². The summed E-state index contributed by atoms with van der Waals surface area (Å²) in [5.74, 6) is 1.09. The van der Waals surface area contributed by atoms with Crippen LogP contribution in [0.5, 0.6) is 0 Å². The Kier molecular flexibility index (Phi) is 4.20. The lowest BCUT2D eigenvalue weighted by molar-refractivity contribution is 0.716. The second-order valence-electron chi connectivity index (χ2n) is 7.63. The van der Waals surface area contributed by atoms with Crippen molar-refractivity contribution in [3.05, 3.63) is 75.0 Å². The Hall–Kier alpha value is -2.66. The second kappa shape index (κ2) is 6.74. The van der Waals surface area contributed by atoms with Gasteiger partial charge in [-0.3, -0.25) is 0 Å². The third-order valence-corrected chi connectivity index (χ3v) is 6.77. The van der Waals surface area contributed by atoms with Gasteiger partial charge in [0.05, 0.1) is 22.8 Å². The third-order valence-electron chi connectivity index (χ3n) is 5.94. The number of hydrogen-bond donors (Lipinski definition) is 0. The summed E-state index contributed by atoms with van der Waals surface area (Å²) in [6.07, 6.45) is 3.03. The van der Waals surface area contributed by atoms with E-state index in [0.717, 1.165) is 42.6 Å².